The lowest BCUT2D eigenvalue weighted by atomic mass is 10.0. The van der Waals surface area contributed by atoms with Gasteiger partial charge in [-0.3, -0.25) is 4.90 Å². The van der Waals surface area contributed by atoms with Crippen molar-refractivity contribution in [2.75, 3.05) is 19.1 Å². The second-order valence-electron chi connectivity index (χ2n) is 7.46. The van der Waals surface area contributed by atoms with E-state index < -0.39 is 5.72 Å². The van der Waals surface area contributed by atoms with Crippen LogP contribution in [0.4, 0.5) is 11.4 Å². The normalized spacial score (nSPS) is 22.3. The van der Waals surface area contributed by atoms with Crippen molar-refractivity contribution in [1.29, 1.82) is 0 Å². The van der Waals surface area contributed by atoms with Crippen molar-refractivity contribution in [3.05, 3.63) is 82.9 Å². The zero-order valence-corrected chi connectivity index (χ0v) is 20.8. The summed E-state index contributed by atoms with van der Waals surface area (Å²) < 4.78 is 10.6. The SMILES string of the molecule is Br.COc1ccc(N=C2SC3Cc4cc(Cl)ccc4C3(O)N2c2ccc(OC)cc2)cc1. The largest absolute Gasteiger partial charge is 0.497 e. The molecule has 2 atom stereocenters. The van der Waals surface area contributed by atoms with Gasteiger partial charge in [-0.05, 0) is 72.6 Å². The molecule has 1 fully saturated rings. The van der Waals surface area contributed by atoms with E-state index >= 15 is 0 Å². The molecule has 5 rings (SSSR count). The summed E-state index contributed by atoms with van der Waals surface area (Å²) >= 11 is 7.80. The number of thioether (sulfide) groups is 1. The van der Waals surface area contributed by atoms with Crippen LogP contribution in [0.1, 0.15) is 11.1 Å². The van der Waals surface area contributed by atoms with E-state index in [9.17, 15) is 5.11 Å². The van der Waals surface area contributed by atoms with Gasteiger partial charge in [0.2, 0.25) is 0 Å². The number of hydrogen-bond donors (Lipinski definition) is 1. The van der Waals surface area contributed by atoms with Crippen molar-refractivity contribution >= 4 is 56.9 Å². The van der Waals surface area contributed by atoms with Gasteiger partial charge in [0.1, 0.15) is 11.5 Å². The third kappa shape index (κ3) is 3.77. The fourth-order valence-electron chi connectivity index (χ4n) is 4.20. The maximum atomic E-state index is 12.1. The molecule has 2 unspecified atom stereocenters. The minimum atomic E-state index is -1.22. The van der Waals surface area contributed by atoms with Crippen molar-refractivity contribution in [2.45, 2.75) is 17.4 Å². The van der Waals surface area contributed by atoms with Crippen LogP contribution in [0.15, 0.2) is 71.7 Å². The first-order chi connectivity index (χ1) is 15.0. The Hall–Kier alpha value is -2.19. The average Bonchev–Trinajstić information content (AvgIpc) is 3.21. The van der Waals surface area contributed by atoms with Crippen molar-refractivity contribution in [3.8, 4) is 11.5 Å². The van der Waals surface area contributed by atoms with Gasteiger partial charge in [-0.25, -0.2) is 4.99 Å². The fourth-order valence-corrected chi connectivity index (χ4v) is 5.82. The number of nitrogens with zero attached hydrogens (tertiary/aromatic N) is 2. The molecule has 5 nitrogen and oxygen atoms in total. The molecule has 32 heavy (non-hydrogen) atoms. The van der Waals surface area contributed by atoms with Gasteiger partial charge in [0.25, 0.3) is 0 Å². The van der Waals surface area contributed by atoms with Gasteiger partial charge < -0.3 is 14.6 Å². The van der Waals surface area contributed by atoms with Crippen molar-refractivity contribution in [3.63, 3.8) is 0 Å². The van der Waals surface area contributed by atoms with Gasteiger partial charge in [0.05, 0.1) is 25.2 Å². The number of hydrogen-bond acceptors (Lipinski definition) is 5. The number of amidine groups is 1. The summed E-state index contributed by atoms with van der Waals surface area (Å²) in [6.07, 6.45) is 0.714. The van der Waals surface area contributed by atoms with Crippen LogP contribution >= 0.6 is 40.3 Å². The number of ether oxygens (including phenoxy) is 2. The quantitative estimate of drug-likeness (QED) is 0.449. The number of benzene rings is 3. The van der Waals surface area contributed by atoms with E-state index in [2.05, 4.69) is 0 Å². The predicted octanol–water partition coefficient (Wildman–Crippen LogP) is 5.95. The lowest BCUT2D eigenvalue weighted by molar-refractivity contribution is 0.0593. The van der Waals surface area contributed by atoms with Gasteiger partial charge in [0.15, 0.2) is 10.9 Å². The van der Waals surface area contributed by atoms with E-state index in [-0.39, 0.29) is 22.2 Å². The summed E-state index contributed by atoms with van der Waals surface area (Å²) in [7, 11) is 3.28. The Kier molecular flexibility index (Phi) is 6.45. The zero-order valence-electron chi connectivity index (χ0n) is 17.5. The summed E-state index contributed by atoms with van der Waals surface area (Å²) in [4.78, 5) is 6.81. The molecule has 2 aliphatic rings. The molecule has 8 heteroatoms. The average molecular weight is 534 g/mol. The van der Waals surface area contributed by atoms with Crippen molar-refractivity contribution in [1.82, 2.24) is 0 Å². The summed E-state index contributed by atoms with van der Waals surface area (Å²) in [6, 6.07) is 20.9. The Morgan fingerprint density at radius 2 is 1.62 bits per heavy atom. The van der Waals surface area contributed by atoms with Crippen LogP contribution in [0.3, 0.4) is 0 Å². The van der Waals surface area contributed by atoms with Crippen LogP contribution in [-0.2, 0) is 12.1 Å². The van der Waals surface area contributed by atoms with E-state index in [4.69, 9.17) is 26.1 Å². The van der Waals surface area contributed by atoms with Crippen LogP contribution in [0.5, 0.6) is 11.5 Å². The lowest BCUT2D eigenvalue weighted by Gasteiger charge is -2.35. The van der Waals surface area contributed by atoms with Gasteiger partial charge in [0, 0.05) is 16.3 Å². The van der Waals surface area contributed by atoms with Gasteiger partial charge in [-0.2, -0.15) is 0 Å². The molecule has 166 valence electrons. The van der Waals surface area contributed by atoms with Crippen LogP contribution < -0.4 is 14.4 Å². The molecule has 3 aromatic carbocycles. The predicted molar refractivity (Wildman–Crippen MR) is 136 cm³/mol. The molecule has 0 saturated carbocycles. The standard InChI is InChI=1S/C24H21ClN2O3S.BrH/c1-29-19-8-4-17(5-9-19)26-23-27(18-6-10-20(30-2)11-7-18)24(28)21-12-3-16(25)13-15(21)14-22(24)31-23;/h3-13,22,28H,14H2,1-2H3;1H. The monoisotopic (exact) mass is 532 g/mol. The highest BCUT2D eigenvalue weighted by Crippen LogP contribution is 2.54. The van der Waals surface area contributed by atoms with Crippen LogP contribution in [0, 0.1) is 0 Å². The topological polar surface area (TPSA) is 54.3 Å². The van der Waals surface area contributed by atoms with Gasteiger partial charge in [-0.15, -0.1) is 17.0 Å². The second kappa shape index (κ2) is 8.98. The molecule has 0 bridgehead atoms. The highest BCUT2D eigenvalue weighted by Gasteiger charge is 2.57. The van der Waals surface area contributed by atoms with E-state index in [0.29, 0.717) is 11.4 Å². The summed E-state index contributed by atoms with van der Waals surface area (Å²) in [5.41, 5.74) is 2.35. The molecule has 1 N–H and O–H groups in total. The molecule has 0 spiro atoms. The number of methoxy groups -OCH3 is 2. The second-order valence-corrected chi connectivity index (χ2v) is 9.07. The third-order valence-corrected chi connectivity index (χ3v) is 7.23. The number of halogens is 2. The molecular formula is C24H22BrClN2O3S. The maximum Gasteiger partial charge on any atom is 0.183 e. The molecule has 1 saturated heterocycles. The molecular weight excluding hydrogens is 512 g/mol. The van der Waals surface area contributed by atoms with E-state index in [1.54, 1.807) is 26.0 Å². The number of aliphatic hydroxyl groups is 1. The maximum absolute atomic E-state index is 12.1. The molecule has 0 amide bonds. The van der Waals surface area contributed by atoms with Crippen LogP contribution in [0.25, 0.3) is 0 Å². The summed E-state index contributed by atoms with van der Waals surface area (Å²) in [5, 5.41) is 13.4. The third-order valence-electron chi connectivity index (χ3n) is 5.73. The Bertz CT molecular complexity index is 1160. The Labute approximate surface area is 206 Å². The number of aliphatic imine (C=N–C) groups is 1. The van der Waals surface area contributed by atoms with E-state index in [1.165, 1.54) is 0 Å². The first-order valence-electron chi connectivity index (χ1n) is 9.88. The molecule has 1 aliphatic carbocycles. The van der Waals surface area contributed by atoms with E-state index in [0.717, 1.165) is 39.2 Å². The van der Waals surface area contributed by atoms with Crippen molar-refractivity contribution < 1.29 is 14.6 Å². The van der Waals surface area contributed by atoms with Crippen molar-refractivity contribution in [2.24, 2.45) is 4.99 Å². The van der Waals surface area contributed by atoms with E-state index in [1.807, 2.05) is 71.6 Å². The number of fused-ring (bicyclic) bond motifs is 3. The minimum Gasteiger partial charge on any atom is -0.497 e. The summed E-state index contributed by atoms with van der Waals surface area (Å²) in [5.74, 6) is 1.53. The smallest absolute Gasteiger partial charge is 0.183 e. The number of anilines is 1. The Morgan fingerprint density at radius 3 is 2.25 bits per heavy atom. The molecule has 1 aliphatic heterocycles. The van der Waals surface area contributed by atoms with Gasteiger partial charge >= 0.3 is 0 Å². The highest BCUT2D eigenvalue weighted by atomic mass is 79.9. The molecule has 0 radical (unpaired) electrons. The molecule has 3 aromatic rings. The Balaban J connectivity index is 0.00000245. The van der Waals surface area contributed by atoms with Crippen LogP contribution in [0.2, 0.25) is 5.02 Å². The minimum absolute atomic E-state index is 0. The van der Waals surface area contributed by atoms with Gasteiger partial charge in [-0.1, -0.05) is 29.4 Å². The van der Waals surface area contributed by atoms with Crippen LogP contribution in [-0.4, -0.2) is 29.7 Å². The highest BCUT2D eigenvalue weighted by molar-refractivity contribution is 8.93. The first-order valence-corrected chi connectivity index (χ1v) is 11.1. The first kappa shape index (κ1) is 23.0. The zero-order chi connectivity index (χ0) is 21.6. The molecule has 1 heterocycles. The summed E-state index contributed by atoms with van der Waals surface area (Å²) in [6.45, 7) is 0. The molecule has 0 aromatic heterocycles. The number of rotatable bonds is 4. The Morgan fingerprint density at radius 1 is 1.00 bits per heavy atom. The lowest BCUT2D eigenvalue weighted by Crippen LogP contribution is -2.46. The fraction of sp³-hybridized carbons (Fsp3) is 0.208.